The van der Waals surface area contributed by atoms with Gasteiger partial charge in [-0.3, -0.25) is 4.79 Å². The summed E-state index contributed by atoms with van der Waals surface area (Å²) in [6.45, 7) is 7.60. The number of aromatic nitrogens is 1. The molecule has 0 saturated heterocycles. The van der Waals surface area contributed by atoms with E-state index < -0.39 is 5.60 Å². The average Bonchev–Trinajstić information content (AvgIpc) is 3.12. The second-order valence-corrected chi connectivity index (χ2v) is 9.91. The fourth-order valence-corrected chi connectivity index (χ4v) is 5.20. The molecule has 0 aliphatic rings. The van der Waals surface area contributed by atoms with Gasteiger partial charge in [0.2, 0.25) is 0 Å². The van der Waals surface area contributed by atoms with Crippen molar-refractivity contribution in [3.63, 3.8) is 0 Å². The highest BCUT2D eigenvalue weighted by atomic mass is 79.9. The number of rotatable bonds is 3. The fraction of sp³-hybridized carbons (Fsp3) is 0.261. The summed E-state index contributed by atoms with van der Waals surface area (Å²) in [5, 5.41) is 4.01. The molecule has 0 spiro atoms. The molecule has 0 amide bonds. The van der Waals surface area contributed by atoms with Gasteiger partial charge >= 0.3 is 5.97 Å². The summed E-state index contributed by atoms with van der Waals surface area (Å²) in [5.41, 5.74) is 3.19. The molecule has 0 unspecified atom stereocenters. The van der Waals surface area contributed by atoms with Crippen LogP contribution in [0.25, 0.3) is 32.1 Å². The van der Waals surface area contributed by atoms with Gasteiger partial charge in [0.1, 0.15) is 18.0 Å². The van der Waals surface area contributed by atoms with E-state index in [-0.39, 0.29) is 18.3 Å². The maximum Gasteiger partial charge on any atom is 0.326 e. The summed E-state index contributed by atoms with van der Waals surface area (Å²) < 4.78 is 23.8. The molecule has 6 heteroatoms. The van der Waals surface area contributed by atoms with Crippen LogP contribution in [0.5, 0.6) is 0 Å². The molecule has 0 fully saturated rings. The van der Waals surface area contributed by atoms with E-state index in [2.05, 4.69) is 33.4 Å². The van der Waals surface area contributed by atoms with Gasteiger partial charge in [-0.05, 0) is 63.4 Å². The molecule has 0 saturated carbocycles. The van der Waals surface area contributed by atoms with E-state index in [9.17, 15) is 9.18 Å². The molecule has 4 aromatic rings. The number of carbonyl (C=O) groups excluding carboxylic acids is 1. The lowest BCUT2D eigenvalue weighted by Crippen LogP contribution is -2.26. The lowest BCUT2D eigenvalue weighted by molar-refractivity contribution is -0.155. The minimum atomic E-state index is -0.556. The fourth-order valence-electron chi connectivity index (χ4n) is 3.70. The van der Waals surface area contributed by atoms with Crippen LogP contribution in [0.2, 0.25) is 0 Å². The van der Waals surface area contributed by atoms with E-state index in [1.54, 1.807) is 23.5 Å². The van der Waals surface area contributed by atoms with Crippen LogP contribution in [-0.4, -0.2) is 16.1 Å². The first-order valence-electron chi connectivity index (χ1n) is 9.31. The van der Waals surface area contributed by atoms with Gasteiger partial charge in [-0.15, -0.1) is 11.3 Å². The minimum absolute atomic E-state index is 0.0822. The van der Waals surface area contributed by atoms with Crippen LogP contribution in [0, 0.1) is 12.7 Å². The van der Waals surface area contributed by atoms with Crippen molar-refractivity contribution >= 4 is 54.2 Å². The highest BCUT2D eigenvalue weighted by molar-refractivity contribution is 9.10. The Morgan fingerprint density at radius 3 is 2.66 bits per heavy atom. The quantitative estimate of drug-likeness (QED) is 0.297. The van der Waals surface area contributed by atoms with Crippen LogP contribution in [0.1, 0.15) is 26.5 Å². The largest absolute Gasteiger partial charge is 0.459 e. The van der Waals surface area contributed by atoms with Gasteiger partial charge < -0.3 is 9.30 Å². The van der Waals surface area contributed by atoms with Gasteiger partial charge in [0.05, 0.1) is 0 Å². The van der Waals surface area contributed by atoms with Crippen LogP contribution < -0.4 is 0 Å². The molecule has 150 valence electrons. The number of ether oxygens (including phenoxy) is 1. The molecule has 0 radical (unpaired) electrons. The number of carbonyl (C=O) groups is 1. The second-order valence-electron chi connectivity index (χ2n) is 8.08. The molecule has 2 heterocycles. The van der Waals surface area contributed by atoms with Crippen LogP contribution in [0.4, 0.5) is 4.39 Å². The predicted octanol–water partition coefficient (Wildman–Crippen LogP) is 7.07. The monoisotopic (exact) mass is 473 g/mol. The van der Waals surface area contributed by atoms with Crippen molar-refractivity contribution in [2.24, 2.45) is 0 Å². The third kappa shape index (κ3) is 3.83. The first-order valence-corrected chi connectivity index (χ1v) is 11.0. The Morgan fingerprint density at radius 2 is 1.93 bits per heavy atom. The highest BCUT2D eigenvalue weighted by Crippen LogP contribution is 2.42. The standard InChI is InChI=1S/C23H21BrFNO2S/c1-13-22(18-12-29-20-9-14(24)5-7-16(18)20)17-10-15(25)6-8-19(17)26(13)11-21(27)28-23(2,3)4/h5-10,12H,11H2,1-4H3. The van der Waals surface area contributed by atoms with Crippen LogP contribution >= 0.6 is 27.3 Å². The molecule has 0 aliphatic carbocycles. The number of fused-ring (bicyclic) bond motifs is 2. The van der Waals surface area contributed by atoms with Crippen molar-refractivity contribution < 1.29 is 13.9 Å². The molecule has 29 heavy (non-hydrogen) atoms. The maximum atomic E-state index is 14.1. The van der Waals surface area contributed by atoms with Crippen molar-refractivity contribution in [3.05, 3.63) is 57.8 Å². The van der Waals surface area contributed by atoms with Gasteiger partial charge in [0, 0.05) is 42.3 Å². The van der Waals surface area contributed by atoms with Gasteiger partial charge in [0.15, 0.2) is 0 Å². The molecule has 0 N–H and O–H groups in total. The van der Waals surface area contributed by atoms with Crippen LogP contribution in [0.3, 0.4) is 0 Å². The van der Waals surface area contributed by atoms with Gasteiger partial charge in [0.25, 0.3) is 0 Å². The molecule has 0 aliphatic heterocycles. The number of nitrogens with zero attached hydrogens (tertiary/aromatic N) is 1. The van der Waals surface area contributed by atoms with E-state index in [0.29, 0.717) is 0 Å². The summed E-state index contributed by atoms with van der Waals surface area (Å²) in [7, 11) is 0. The Bertz CT molecular complexity index is 1250. The van der Waals surface area contributed by atoms with Crippen LogP contribution in [-0.2, 0) is 16.1 Å². The van der Waals surface area contributed by atoms with Crippen LogP contribution in [0.15, 0.2) is 46.3 Å². The van der Waals surface area contributed by atoms with Crippen molar-refractivity contribution in [1.82, 2.24) is 4.57 Å². The zero-order valence-electron chi connectivity index (χ0n) is 16.7. The molecule has 2 aromatic heterocycles. The molecule has 2 aromatic carbocycles. The van der Waals surface area contributed by atoms with E-state index in [0.717, 1.165) is 42.3 Å². The number of esters is 1. The Labute approximate surface area is 181 Å². The van der Waals surface area contributed by atoms with Gasteiger partial charge in [-0.2, -0.15) is 0 Å². The number of thiophene rings is 1. The zero-order chi connectivity index (χ0) is 20.9. The summed E-state index contributed by atoms with van der Waals surface area (Å²) in [6.07, 6.45) is 0. The van der Waals surface area contributed by atoms with Crippen molar-refractivity contribution in [3.8, 4) is 11.1 Å². The number of hydrogen-bond donors (Lipinski definition) is 0. The van der Waals surface area contributed by atoms with E-state index >= 15 is 0 Å². The Kier molecular flexibility index (Phi) is 5.03. The first kappa shape index (κ1) is 20.1. The van der Waals surface area contributed by atoms with Crippen molar-refractivity contribution in [2.45, 2.75) is 39.8 Å². The number of halogens is 2. The third-order valence-electron chi connectivity index (χ3n) is 4.80. The van der Waals surface area contributed by atoms with Gasteiger partial charge in [-0.25, -0.2) is 4.39 Å². The van der Waals surface area contributed by atoms with Crippen molar-refractivity contribution in [2.75, 3.05) is 0 Å². The van der Waals surface area contributed by atoms with Gasteiger partial charge in [-0.1, -0.05) is 22.0 Å². The van der Waals surface area contributed by atoms with E-state index in [4.69, 9.17) is 4.74 Å². The predicted molar refractivity (Wildman–Crippen MR) is 121 cm³/mol. The SMILES string of the molecule is Cc1c(-c2csc3cc(Br)ccc23)c2cc(F)ccc2n1CC(=O)OC(C)(C)C. The molecule has 0 bridgehead atoms. The van der Waals surface area contributed by atoms with E-state index in [1.165, 1.54) is 6.07 Å². The second kappa shape index (κ2) is 7.26. The zero-order valence-corrected chi connectivity index (χ0v) is 19.1. The van der Waals surface area contributed by atoms with Crippen molar-refractivity contribution in [1.29, 1.82) is 0 Å². The summed E-state index contributed by atoms with van der Waals surface area (Å²) in [6, 6.07) is 10.9. The van der Waals surface area contributed by atoms with E-state index in [1.807, 2.05) is 38.3 Å². The lowest BCUT2D eigenvalue weighted by Gasteiger charge is -2.20. The normalized spacial score (nSPS) is 12.1. The summed E-state index contributed by atoms with van der Waals surface area (Å²) >= 11 is 5.17. The smallest absolute Gasteiger partial charge is 0.326 e. The summed E-state index contributed by atoms with van der Waals surface area (Å²) in [4.78, 5) is 12.5. The minimum Gasteiger partial charge on any atom is -0.459 e. The lowest BCUT2D eigenvalue weighted by atomic mass is 10.0. The summed E-state index contributed by atoms with van der Waals surface area (Å²) in [5.74, 6) is -0.608. The third-order valence-corrected chi connectivity index (χ3v) is 6.24. The molecular formula is C23H21BrFNO2S. The first-order chi connectivity index (χ1) is 13.6. The molecule has 3 nitrogen and oxygen atoms in total. The number of benzene rings is 2. The Balaban J connectivity index is 1.91. The molecular weight excluding hydrogens is 453 g/mol. The topological polar surface area (TPSA) is 31.2 Å². The highest BCUT2D eigenvalue weighted by Gasteiger charge is 2.22. The Morgan fingerprint density at radius 1 is 1.17 bits per heavy atom. The molecule has 4 rings (SSSR count). The maximum absolute atomic E-state index is 14.1. The average molecular weight is 474 g/mol. The molecule has 0 atom stereocenters. The number of hydrogen-bond acceptors (Lipinski definition) is 3. The Hall–Kier alpha value is -2.18.